The molecule has 1 aromatic rings. The van der Waals surface area contributed by atoms with E-state index in [9.17, 15) is 18.3 Å². The van der Waals surface area contributed by atoms with E-state index in [1.807, 2.05) is 14.1 Å². The fourth-order valence-corrected chi connectivity index (χ4v) is 3.92. The second-order valence-electron chi connectivity index (χ2n) is 4.48. The molecule has 0 aliphatic heterocycles. The van der Waals surface area contributed by atoms with Crippen LogP contribution < -0.4 is 14.7 Å². The number of nitrogens with one attached hydrogen (secondary N) is 2. The molecule has 0 spiro atoms. The molecule has 6 nitrogen and oxygen atoms in total. The lowest BCUT2D eigenvalue weighted by Crippen LogP contribution is -3.05. The van der Waals surface area contributed by atoms with Crippen LogP contribution in [0.1, 0.15) is 11.3 Å². The third-order valence-corrected chi connectivity index (χ3v) is 5.40. The molecule has 19 heavy (non-hydrogen) atoms. The predicted octanol–water partition coefficient (Wildman–Crippen LogP) is -2.15. The van der Waals surface area contributed by atoms with Gasteiger partial charge in [-0.15, -0.1) is 11.3 Å². The average Bonchev–Trinajstić information content (AvgIpc) is 2.72. The molecule has 0 amide bonds. The van der Waals surface area contributed by atoms with Crippen LogP contribution in [-0.4, -0.2) is 41.6 Å². The molecule has 0 saturated carbocycles. The van der Waals surface area contributed by atoms with Gasteiger partial charge in [0.15, 0.2) is 0 Å². The number of sulfonamides is 1. The van der Waals surface area contributed by atoms with E-state index in [1.54, 1.807) is 0 Å². The number of carboxylic acids is 1. The van der Waals surface area contributed by atoms with Crippen molar-refractivity contribution in [3.05, 3.63) is 17.0 Å². The van der Waals surface area contributed by atoms with E-state index in [1.165, 1.54) is 17.0 Å². The molecule has 0 fully saturated rings. The summed E-state index contributed by atoms with van der Waals surface area (Å²) < 4.78 is 26.5. The number of hydrogen-bond acceptors (Lipinski definition) is 5. The monoisotopic (exact) mass is 306 g/mol. The molecule has 0 bridgehead atoms. The minimum Gasteiger partial charge on any atom is -0.550 e. The Morgan fingerprint density at radius 3 is 2.68 bits per heavy atom. The average molecular weight is 306 g/mol. The molecule has 0 saturated heterocycles. The van der Waals surface area contributed by atoms with Crippen molar-refractivity contribution in [3.8, 4) is 0 Å². The van der Waals surface area contributed by atoms with Gasteiger partial charge in [0, 0.05) is 30.2 Å². The Bertz CT molecular complexity index is 523. The highest BCUT2D eigenvalue weighted by atomic mass is 32.2. The highest BCUT2D eigenvalue weighted by Gasteiger charge is 2.16. The third kappa shape index (κ3) is 5.68. The summed E-state index contributed by atoms with van der Waals surface area (Å²) in [4.78, 5) is 12.2. The van der Waals surface area contributed by atoms with Gasteiger partial charge in [-0.25, -0.2) is 13.1 Å². The van der Waals surface area contributed by atoms with E-state index in [-0.39, 0.29) is 10.6 Å². The molecule has 0 unspecified atom stereocenters. The summed E-state index contributed by atoms with van der Waals surface area (Å²) in [7, 11) is 0.473. The van der Waals surface area contributed by atoms with Gasteiger partial charge in [-0.2, -0.15) is 0 Å². The fraction of sp³-hybridized carbons (Fsp3) is 0.545. The van der Waals surface area contributed by atoms with Crippen molar-refractivity contribution in [2.24, 2.45) is 0 Å². The third-order valence-electron chi connectivity index (χ3n) is 2.37. The maximum atomic E-state index is 11.9. The predicted molar refractivity (Wildman–Crippen MR) is 70.5 cm³/mol. The Morgan fingerprint density at radius 2 is 2.11 bits per heavy atom. The second kappa shape index (κ2) is 6.99. The lowest BCUT2D eigenvalue weighted by Gasteiger charge is -2.07. The summed E-state index contributed by atoms with van der Waals surface area (Å²) in [5.41, 5.74) is 0. The number of carboxylic acid groups (broad SMARTS) is 1. The maximum absolute atomic E-state index is 11.9. The van der Waals surface area contributed by atoms with Crippen molar-refractivity contribution in [2.75, 3.05) is 27.2 Å². The molecular formula is C11H18N2O4S2. The first-order valence-electron chi connectivity index (χ1n) is 5.88. The van der Waals surface area contributed by atoms with E-state index in [0.717, 1.165) is 24.3 Å². The Labute approximate surface area is 117 Å². The summed E-state index contributed by atoms with van der Waals surface area (Å²) in [6.07, 6.45) is 0.489. The number of quaternary nitrogens is 1. The van der Waals surface area contributed by atoms with Gasteiger partial charge >= 0.3 is 0 Å². The zero-order valence-electron chi connectivity index (χ0n) is 10.9. The van der Waals surface area contributed by atoms with Crippen LogP contribution in [-0.2, 0) is 21.2 Å². The van der Waals surface area contributed by atoms with E-state index in [0.29, 0.717) is 11.4 Å². The van der Waals surface area contributed by atoms with Gasteiger partial charge in [-0.3, -0.25) is 0 Å². The van der Waals surface area contributed by atoms with Crippen LogP contribution in [0.5, 0.6) is 0 Å². The van der Waals surface area contributed by atoms with E-state index in [4.69, 9.17) is 0 Å². The first-order valence-corrected chi connectivity index (χ1v) is 8.18. The Balaban J connectivity index is 2.57. The number of thiophene rings is 1. The number of aliphatic carboxylic acids is 1. The van der Waals surface area contributed by atoms with Crippen LogP contribution in [0.25, 0.3) is 0 Å². The largest absolute Gasteiger partial charge is 0.550 e. The number of rotatable bonds is 8. The van der Waals surface area contributed by atoms with Crippen molar-refractivity contribution in [3.63, 3.8) is 0 Å². The van der Waals surface area contributed by atoms with Crippen LogP contribution in [0.4, 0.5) is 0 Å². The molecule has 0 radical (unpaired) electrons. The van der Waals surface area contributed by atoms with Crippen molar-refractivity contribution in [2.45, 2.75) is 17.1 Å². The Kier molecular flexibility index (Phi) is 5.92. The van der Waals surface area contributed by atoms with E-state index in [2.05, 4.69) is 4.72 Å². The first-order chi connectivity index (χ1) is 8.81. The molecule has 8 heteroatoms. The van der Waals surface area contributed by atoms with Crippen LogP contribution >= 0.6 is 11.3 Å². The van der Waals surface area contributed by atoms with E-state index >= 15 is 0 Å². The molecule has 1 rings (SSSR count). The topological polar surface area (TPSA) is 90.7 Å². The highest BCUT2D eigenvalue weighted by molar-refractivity contribution is 7.91. The van der Waals surface area contributed by atoms with Gasteiger partial charge in [0.2, 0.25) is 10.0 Å². The molecule has 0 aromatic carbocycles. The molecule has 1 aromatic heterocycles. The molecule has 0 aliphatic rings. The minimum absolute atomic E-state index is 0.140. The summed E-state index contributed by atoms with van der Waals surface area (Å²) in [6.45, 7) is 1.25. The van der Waals surface area contributed by atoms with Crippen molar-refractivity contribution >= 4 is 27.3 Å². The summed E-state index contributed by atoms with van der Waals surface area (Å²) in [6, 6.07) is 2.92. The van der Waals surface area contributed by atoms with E-state index < -0.39 is 16.0 Å². The SMILES string of the molecule is C[NH+](C)CCCNS(=O)(=O)c1ccc(CC(=O)[O-])s1. The Hall–Kier alpha value is -0.960. The van der Waals surface area contributed by atoms with Gasteiger partial charge in [0.1, 0.15) is 4.21 Å². The van der Waals surface area contributed by atoms with Gasteiger partial charge in [0.25, 0.3) is 0 Å². The molecule has 0 aliphatic carbocycles. The number of carbonyl (C=O) groups excluding carboxylic acids is 1. The van der Waals surface area contributed by atoms with Gasteiger partial charge in [-0.1, -0.05) is 0 Å². The van der Waals surface area contributed by atoms with Crippen LogP contribution in [0.3, 0.4) is 0 Å². The molecule has 108 valence electrons. The van der Waals surface area contributed by atoms with Crippen molar-refractivity contribution in [1.82, 2.24) is 4.72 Å². The van der Waals surface area contributed by atoms with Crippen LogP contribution in [0.15, 0.2) is 16.3 Å². The molecule has 0 atom stereocenters. The maximum Gasteiger partial charge on any atom is 0.250 e. The quantitative estimate of drug-likeness (QED) is 0.536. The molecule has 2 N–H and O–H groups in total. The van der Waals surface area contributed by atoms with Gasteiger partial charge in [0.05, 0.1) is 20.6 Å². The molecule has 1 heterocycles. The fourth-order valence-electron chi connectivity index (χ4n) is 1.46. The van der Waals surface area contributed by atoms with Crippen molar-refractivity contribution < 1.29 is 23.2 Å². The lowest BCUT2D eigenvalue weighted by atomic mass is 10.3. The van der Waals surface area contributed by atoms with Crippen LogP contribution in [0.2, 0.25) is 0 Å². The summed E-state index contributed by atoms with van der Waals surface area (Å²) >= 11 is 0.956. The van der Waals surface area contributed by atoms with Crippen molar-refractivity contribution in [1.29, 1.82) is 0 Å². The normalized spacial score (nSPS) is 11.9. The smallest absolute Gasteiger partial charge is 0.250 e. The lowest BCUT2D eigenvalue weighted by molar-refractivity contribution is -0.858. The Morgan fingerprint density at radius 1 is 1.42 bits per heavy atom. The zero-order chi connectivity index (χ0) is 14.5. The van der Waals surface area contributed by atoms with Gasteiger partial charge in [-0.05, 0) is 12.1 Å². The first kappa shape index (κ1) is 16.1. The second-order valence-corrected chi connectivity index (χ2v) is 7.64. The number of carbonyl (C=O) groups is 1. The summed E-state index contributed by atoms with van der Waals surface area (Å²) in [5.74, 6) is -1.22. The van der Waals surface area contributed by atoms with Gasteiger partial charge < -0.3 is 14.8 Å². The molecular weight excluding hydrogens is 288 g/mol. The summed E-state index contributed by atoms with van der Waals surface area (Å²) in [5, 5.41) is 10.4. The zero-order valence-corrected chi connectivity index (χ0v) is 12.6. The minimum atomic E-state index is -3.53. The standard InChI is InChI=1S/C11H18N2O4S2/c1-13(2)7-3-6-12-19(16,17)11-5-4-9(18-11)8-10(14)15/h4-5,12H,3,6-8H2,1-2H3,(H,14,15). The number of hydrogen-bond donors (Lipinski definition) is 2. The van der Waals surface area contributed by atoms with Crippen LogP contribution in [0, 0.1) is 0 Å². The highest BCUT2D eigenvalue weighted by Crippen LogP contribution is 2.21.